The molecule has 2 nitrogen and oxygen atoms in total. The highest BCUT2D eigenvalue weighted by Gasteiger charge is 2.42. The zero-order chi connectivity index (χ0) is 14.1. The van der Waals surface area contributed by atoms with Crippen molar-refractivity contribution >= 4 is 0 Å². The van der Waals surface area contributed by atoms with E-state index in [9.17, 15) is 0 Å². The average molecular weight is 285 g/mol. The van der Waals surface area contributed by atoms with Crippen LogP contribution in [-0.4, -0.2) is 18.2 Å². The number of hydrogen-bond acceptors (Lipinski definition) is 2. The molecule has 0 aromatic heterocycles. The third-order valence-electron chi connectivity index (χ3n) is 5.78. The van der Waals surface area contributed by atoms with Gasteiger partial charge < -0.3 is 10.1 Å². The van der Waals surface area contributed by atoms with Gasteiger partial charge >= 0.3 is 0 Å². The predicted molar refractivity (Wildman–Crippen MR) is 85.2 cm³/mol. The molecule has 1 aromatic rings. The van der Waals surface area contributed by atoms with Gasteiger partial charge in [-0.15, -0.1) is 0 Å². The molecule has 1 aliphatic carbocycles. The van der Waals surface area contributed by atoms with Crippen LogP contribution in [-0.2, 0) is 4.74 Å². The summed E-state index contributed by atoms with van der Waals surface area (Å²) in [6.07, 6.45) is 11.8. The minimum absolute atomic E-state index is 0.477. The van der Waals surface area contributed by atoms with Gasteiger partial charge in [0.05, 0.1) is 12.2 Å². The maximum absolute atomic E-state index is 6.05. The normalized spacial score (nSPS) is 34.2. The third-order valence-corrected chi connectivity index (χ3v) is 5.78. The smallest absolute Gasteiger partial charge is 0.0733 e. The van der Waals surface area contributed by atoms with Crippen LogP contribution in [0.5, 0.6) is 0 Å². The van der Waals surface area contributed by atoms with Crippen molar-refractivity contribution in [3.63, 3.8) is 0 Å². The number of benzene rings is 1. The lowest BCUT2D eigenvalue weighted by Gasteiger charge is -2.35. The molecule has 0 amide bonds. The molecular weight excluding hydrogens is 258 g/mol. The summed E-state index contributed by atoms with van der Waals surface area (Å²) in [7, 11) is 0. The van der Waals surface area contributed by atoms with E-state index in [1.54, 1.807) is 0 Å². The van der Waals surface area contributed by atoms with Gasteiger partial charge in [-0.2, -0.15) is 0 Å². The van der Waals surface area contributed by atoms with E-state index in [2.05, 4.69) is 35.6 Å². The molecule has 1 aromatic carbocycles. The zero-order valence-corrected chi connectivity index (χ0v) is 12.8. The quantitative estimate of drug-likeness (QED) is 0.894. The maximum atomic E-state index is 6.05. The van der Waals surface area contributed by atoms with Crippen molar-refractivity contribution in [2.24, 2.45) is 5.92 Å². The topological polar surface area (TPSA) is 21.3 Å². The first kappa shape index (κ1) is 13.8. The van der Waals surface area contributed by atoms with Crippen molar-refractivity contribution in [1.82, 2.24) is 5.32 Å². The van der Waals surface area contributed by atoms with Gasteiger partial charge in [-0.25, -0.2) is 0 Å². The molecule has 21 heavy (non-hydrogen) atoms. The molecule has 114 valence electrons. The van der Waals surface area contributed by atoms with Crippen LogP contribution in [0.1, 0.15) is 63.0 Å². The lowest BCUT2D eigenvalue weighted by molar-refractivity contribution is 0.0936. The van der Waals surface area contributed by atoms with Crippen molar-refractivity contribution in [2.45, 2.75) is 75.7 Å². The Balaban J connectivity index is 1.52. The molecule has 0 radical (unpaired) electrons. The second-order valence-corrected chi connectivity index (χ2v) is 7.17. The molecule has 0 spiro atoms. The summed E-state index contributed by atoms with van der Waals surface area (Å²) >= 11 is 0. The zero-order valence-electron chi connectivity index (χ0n) is 12.8. The van der Waals surface area contributed by atoms with E-state index in [1.165, 1.54) is 56.9 Å². The Morgan fingerprint density at radius 3 is 2.43 bits per heavy atom. The average Bonchev–Trinajstić information content (AvgIpc) is 3.17. The van der Waals surface area contributed by atoms with E-state index in [0.29, 0.717) is 24.3 Å². The van der Waals surface area contributed by atoms with E-state index in [1.807, 2.05) is 0 Å². The van der Waals surface area contributed by atoms with Gasteiger partial charge in [0.1, 0.15) is 0 Å². The predicted octanol–water partition coefficient (Wildman–Crippen LogP) is 4.22. The second kappa shape index (κ2) is 6.10. The van der Waals surface area contributed by atoms with Crippen molar-refractivity contribution in [3.05, 3.63) is 35.9 Å². The van der Waals surface area contributed by atoms with E-state index < -0.39 is 0 Å². The Bertz CT molecular complexity index is 454. The molecule has 2 heteroatoms. The first-order valence-electron chi connectivity index (χ1n) is 8.86. The molecule has 2 saturated heterocycles. The molecule has 1 N–H and O–H groups in total. The number of nitrogens with one attached hydrogen (secondary N) is 1. The van der Waals surface area contributed by atoms with E-state index >= 15 is 0 Å². The standard InChI is InChI=1S/C19H27NO/c1-3-7-14(8-4-1)19(15-9-5-2-6-10-15)20-17-13-16-11-12-18(17)21-16/h1,3-4,7-8,15-20H,2,5-6,9-13H2. The van der Waals surface area contributed by atoms with Crippen LogP contribution in [0.4, 0.5) is 0 Å². The second-order valence-electron chi connectivity index (χ2n) is 7.17. The van der Waals surface area contributed by atoms with Crippen LogP contribution in [0.15, 0.2) is 30.3 Å². The Morgan fingerprint density at radius 2 is 1.76 bits per heavy atom. The molecule has 4 rings (SSSR count). The molecular formula is C19H27NO. The highest BCUT2D eigenvalue weighted by molar-refractivity contribution is 5.20. The molecule has 2 aliphatic heterocycles. The first-order chi connectivity index (χ1) is 10.4. The molecule has 3 fully saturated rings. The van der Waals surface area contributed by atoms with Gasteiger partial charge in [-0.1, -0.05) is 49.6 Å². The summed E-state index contributed by atoms with van der Waals surface area (Å²) in [6.45, 7) is 0. The van der Waals surface area contributed by atoms with Gasteiger partial charge in [0.25, 0.3) is 0 Å². The molecule has 4 atom stereocenters. The van der Waals surface area contributed by atoms with Gasteiger partial charge in [-0.05, 0) is 43.6 Å². The summed E-state index contributed by atoms with van der Waals surface area (Å²) in [6, 6.07) is 12.2. The molecule has 1 saturated carbocycles. The molecule has 2 heterocycles. The van der Waals surface area contributed by atoms with E-state index in [4.69, 9.17) is 4.74 Å². The Labute approximate surface area is 128 Å². The molecule has 4 unspecified atom stereocenters. The van der Waals surface area contributed by atoms with Crippen LogP contribution in [0.3, 0.4) is 0 Å². The van der Waals surface area contributed by atoms with E-state index in [0.717, 1.165) is 5.92 Å². The fourth-order valence-corrected chi connectivity index (χ4v) is 4.68. The Hall–Kier alpha value is -0.860. The van der Waals surface area contributed by atoms with Crippen LogP contribution in [0.2, 0.25) is 0 Å². The number of rotatable bonds is 4. The van der Waals surface area contributed by atoms with Crippen LogP contribution >= 0.6 is 0 Å². The number of fused-ring (bicyclic) bond motifs is 2. The number of hydrogen-bond donors (Lipinski definition) is 1. The largest absolute Gasteiger partial charge is 0.373 e. The third kappa shape index (κ3) is 2.89. The first-order valence-corrected chi connectivity index (χ1v) is 8.86. The van der Waals surface area contributed by atoms with Crippen LogP contribution in [0, 0.1) is 5.92 Å². The van der Waals surface area contributed by atoms with Gasteiger partial charge in [0.2, 0.25) is 0 Å². The summed E-state index contributed by atoms with van der Waals surface area (Å²) in [4.78, 5) is 0. The van der Waals surface area contributed by atoms with Gasteiger partial charge in [0, 0.05) is 12.1 Å². The maximum Gasteiger partial charge on any atom is 0.0733 e. The van der Waals surface area contributed by atoms with Crippen molar-refractivity contribution in [3.8, 4) is 0 Å². The van der Waals surface area contributed by atoms with Gasteiger partial charge in [0.15, 0.2) is 0 Å². The molecule has 3 aliphatic rings. The van der Waals surface area contributed by atoms with E-state index in [-0.39, 0.29) is 0 Å². The fraction of sp³-hybridized carbons (Fsp3) is 0.684. The summed E-state index contributed by atoms with van der Waals surface area (Å²) in [5.74, 6) is 0.806. The SMILES string of the molecule is c1ccc(C(NC2CC3CCC2O3)C2CCCCC2)cc1. The van der Waals surface area contributed by atoms with Crippen molar-refractivity contribution in [2.75, 3.05) is 0 Å². The van der Waals surface area contributed by atoms with Gasteiger partial charge in [-0.3, -0.25) is 0 Å². The number of ether oxygens (including phenoxy) is 1. The highest BCUT2D eigenvalue weighted by atomic mass is 16.5. The lowest BCUT2D eigenvalue weighted by atomic mass is 9.80. The molecule has 2 bridgehead atoms. The summed E-state index contributed by atoms with van der Waals surface area (Å²) in [5.41, 5.74) is 1.48. The van der Waals surface area contributed by atoms with Crippen LogP contribution in [0.25, 0.3) is 0 Å². The lowest BCUT2D eigenvalue weighted by Crippen LogP contribution is -2.42. The Kier molecular flexibility index (Phi) is 4.00. The highest BCUT2D eigenvalue weighted by Crippen LogP contribution is 2.39. The fourth-order valence-electron chi connectivity index (χ4n) is 4.68. The van der Waals surface area contributed by atoms with Crippen LogP contribution < -0.4 is 5.32 Å². The summed E-state index contributed by atoms with van der Waals surface area (Å²) in [5, 5.41) is 4.01. The minimum Gasteiger partial charge on any atom is -0.373 e. The Morgan fingerprint density at radius 1 is 0.952 bits per heavy atom. The van der Waals surface area contributed by atoms with Crippen molar-refractivity contribution in [1.29, 1.82) is 0 Å². The van der Waals surface area contributed by atoms with Crippen molar-refractivity contribution < 1.29 is 4.74 Å². The summed E-state index contributed by atoms with van der Waals surface area (Å²) < 4.78 is 6.05. The minimum atomic E-state index is 0.477. The monoisotopic (exact) mass is 285 g/mol.